The van der Waals surface area contributed by atoms with Crippen molar-refractivity contribution in [2.24, 2.45) is 11.7 Å². The lowest BCUT2D eigenvalue weighted by Gasteiger charge is -2.36. The number of ether oxygens (including phenoxy) is 1. The van der Waals surface area contributed by atoms with Crippen LogP contribution in [0.4, 0.5) is 14.5 Å². The van der Waals surface area contributed by atoms with Crippen LogP contribution >= 0.6 is 0 Å². The molecule has 2 rings (SSSR count). The van der Waals surface area contributed by atoms with Crippen molar-refractivity contribution in [1.29, 1.82) is 0 Å². The largest absolute Gasteiger partial charge is 0.465 e. The molecule has 1 aliphatic rings. The molecular weight excluding hydrogens is 266 g/mol. The third-order valence-corrected chi connectivity index (χ3v) is 3.78. The lowest BCUT2D eigenvalue weighted by atomic mass is 9.94. The summed E-state index contributed by atoms with van der Waals surface area (Å²) in [5, 5.41) is 0. The summed E-state index contributed by atoms with van der Waals surface area (Å²) < 4.78 is 32.4. The minimum absolute atomic E-state index is 0.0773. The van der Waals surface area contributed by atoms with Crippen LogP contribution in [-0.4, -0.2) is 32.2 Å². The number of rotatable bonds is 2. The maximum atomic E-state index is 14.1. The van der Waals surface area contributed by atoms with Crippen LogP contribution in [0.2, 0.25) is 0 Å². The maximum Gasteiger partial charge on any atom is 0.340 e. The van der Waals surface area contributed by atoms with Crippen molar-refractivity contribution in [3.63, 3.8) is 0 Å². The van der Waals surface area contributed by atoms with Gasteiger partial charge in [-0.1, -0.05) is 6.92 Å². The summed E-state index contributed by atoms with van der Waals surface area (Å²) in [6.45, 7) is 3.11. The molecule has 0 aromatic heterocycles. The number of nitrogens with two attached hydrogens (primary N) is 1. The fourth-order valence-corrected chi connectivity index (χ4v) is 2.43. The summed E-state index contributed by atoms with van der Waals surface area (Å²) in [5.41, 5.74) is 5.68. The molecule has 6 heteroatoms. The van der Waals surface area contributed by atoms with Crippen LogP contribution in [0.1, 0.15) is 23.7 Å². The Balaban J connectivity index is 2.30. The Kier molecular flexibility index (Phi) is 4.23. The first-order valence-electron chi connectivity index (χ1n) is 6.52. The van der Waals surface area contributed by atoms with Crippen molar-refractivity contribution < 1.29 is 18.3 Å². The Bertz CT molecular complexity index is 522. The number of piperidine rings is 1. The molecule has 2 atom stereocenters. The monoisotopic (exact) mass is 284 g/mol. The number of carbonyl (C=O) groups excluding carboxylic acids is 1. The first-order valence-corrected chi connectivity index (χ1v) is 6.52. The highest BCUT2D eigenvalue weighted by atomic mass is 19.2. The van der Waals surface area contributed by atoms with E-state index in [9.17, 15) is 13.6 Å². The molecule has 1 aliphatic heterocycles. The molecule has 20 heavy (non-hydrogen) atoms. The molecule has 0 amide bonds. The second-order valence-corrected chi connectivity index (χ2v) is 5.13. The van der Waals surface area contributed by atoms with E-state index in [1.807, 2.05) is 6.92 Å². The van der Waals surface area contributed by atoms with Crippen molar-refractivity contribution in [3.05, 3.63) is 29.3 Å². The van der Waals surface area contributed by atoms with Gasteiger partial charge in [0.05, 0.1) is 18.4 Å². The fraction of sp³-hybridized carbons (Fsp3) is 0.500. The van der Waals surface area contributed by atoms with E-state index >= 15 is 0 Å². The molecule has 1 aromatic rings. The molecule has 110 valence electrons. The van der Waals surface area contributed by atoms with Gasteiger partial charge in [0.25, 0.3) is 0 Å². The minimum atomic E-state index is -1.17. The van der Waals surface area contributed by atoms with E-state index in [1.54, 1.807) is 4.90 Å². The van der Waals surface area contributed by atoms with E-state index in [-0.39, 0.29) is 17.6 Å². The lowest BCUT2D eigenvalue weighted by molar-refractivity contribution is 0.0594. The quantitative estimate of drug-likeness (QED) is 0.843. The van der Waals surface area contributed by atoms with Gasteiger partial charge in [0.2, 0.25) is 0 Å². The van der Waals surface area contributed by atoms with Gasteiger partial charge in [-0.3, -0.25) is 0 Å². The number of carbonyl (C=O) groups is 1. The first kappa shape index (κ1) is 14.7. The van der Waals surface area contributed by atoms with Gasteiger partial charge in [-0.15, -0.1) is 0 Å². The highest BCUT2D eigenvalue weighted by Crippen LogP contribution is 2.28. The smallest absolute Gasteiger partial charge is 0.340 e. The number of nitrogens with zero attached hydrogens (tertiary/aromatic N) is 1. The molecule has 4 nitrogen and oxygen atoms in total. The van der Waals surface area contributed by atoms with Gasteiger partial charge in [-0.2, -0.15) is 0 Å². The molecule has 1 aromatic carbocycles. The number of hydrogen-bond acceptors (Lipinski definition) is 4. The van der Waals surface area contributed by atoms with E-state index in [0.717, 1.165) is 13.5 Å². The molecular formula is C14H18F2N2O2. The molecule has 2 unspecified atom stereocenters. The first-order chi connectivity index (χ1) is 9.45. The number of benzene rings is 1. The Morgan fingerprint density at radius 1 is 1.40 bits per heavy atom. The zero-order chi connectivity index (χ0) is 14.9. The van der Waals surface area contributed by atoms with Crippen molar-refractivity contribution in [1.82, 2.24) is 0 Å². The van der Waals surface area contributed by atoms with Crippen LogP contribution in [0.5, 0.6) is 0 Å². The van der Waals surface area contributed by atoms with E-state index < -0.39 is 23.2 Å². The lowest BCUT2D eigenvalue weighted by Crippen LogP contribution is -2.46. The predicted molar refractivity (Wildman–Crippen MR) is 71.7 cm³/mol. The van der Waals surface area contributed by atoms with E-state index in [1.165, 1.54) is 12.1 Å². The molecule has 1 fully saturated rings. The number of hydrogen-bond donors (Lipinski definition) is 1. The van der Waals surface area contributed by atoms with Crippen LogP contribution in [-0.2, 0) is 4.74 Å². The molecule has 0 spiro atoms. The second kappa shape index (κ2) is 5.75. The predicted octanol–water partition coefficient (Wildman–Crippen LogP) is 1.92. The van der Waals surface area contributed by atoms with Gasteiger partial charge < -0.3 is 15.4 Å². The van der Waals surface area contributed by atoms with Crippen molar-refractivity contribution in [2.45, 2.75) is 19.4 Å². The average Bonchev–Trinajstić information content (AvgIpc) is 2.44. The van der Waals surface area contributed by atoms with Gasteiger partial charge in [0, 0.05) is 19.1 Å². The summed E-state index contributed by atoms with van der Waals surface area (Å²) >= 11 is 0. The van der Waals surface area contributed by atoms with Gasteiger partial charge >= 0.3 is 5.97 Å². The molecule has 0 bridgehead atoms. The van der Waals surface area contributed by atoms with Crippen molar-refractivity contribution >= 4 is 11.7 Å². The summed E-state index contributed by atoms with van der Waals surface area (Å²) in [7, 11) is 1.13. The highest BCUT2D eigenvalue weighted by Gasteiger charge is 2.27. The summed E-state index contributed by atoms with van der Waals surface area (Å²) in [6.07, 6.45) is 0.723. The Hall–Kier alpha value is -1.69. The summed E-state index contributed by atoms with van der Waals surface area (Å²) in [6, 6.07) is 2.74. The van der Waals surface area contributed by atoms with Gasteiger partial charge in [0.15, 0.2) is 11.6 Å². The topological polar surface area (TPSA) is 55.6 Å². The minimum Gasteiger partial charge on any atom is -0.465 e. The second-order valence-electron chi connectivity index (χ2n) is 5.13. The van der Waals surface area contributed by atoms with E-state index in [0.29, 0.717) is 13.1 Å². The standard InChI is InChI=1S/C14H18F2N2O2/c1-8-7-18(6-5-10(8)17)11-4-3-9(14(19)20-2)12(15)13(11)16/h3-4,8,10H,5-7,17H2,1-2H3. The van der Waals surface area contributed by atoms with E-state index in [4.69, 9.17) is 5.73 Å². The molecule has 2 N–H and O–H groups in total. The number of anilines is 1. The molecule has 0 aliphatic carbocycles. The number of halogens is 2. The van der Waals surface area contributed by atoms with Crippen LogP contribution in [0, 0.1) is 17.6 Å². The zero-order valence-electron chi connectivity index (χ0n) is 11.5. The van der Waals surface area contributed by atoms with Crippen molar-refractivity contribution in [2.75, 3.05) is 25.1 Å². The Morgan fingerprint density at radius 3 is 2.70 bits per heavy atom. The maximum absolute atomic E-state index is 14.1. The Morgan fingerprint density at radius 2 is 2.10 bits per heavy atom. The third kappa shape index (κ3) is 2.60. The molecule has 1 heterocycles. The van der Waals surface area contributed by atoms with Gasteiger partial charge in [0.1, 0.15) is 0 Å². The summed E-state index contributed by atoms with van der Waals surface area (Å²) in [4.78, 5) is 13.1. The average molecular weight is 284 g/mol. The van der Waals surface area contributed by atoms with Crippen LogP contribution < -0.4 is 10.6 Å². The highest BCUT2D eigenvalue weighted by molar-refractivity contribution is 5.90. The number of methoxy groups -OCH3 is 1. The summed E-state index contributed by atoms with van der Waals surface area (Å²) in [5.74, 6) is -2.87. The third-order valence-electron chi connectivity index (χ3n) is 3.78. The zero-order valence-corrected chi connectivity index (χ0v) is 11.5. The van der Waals surface area contributed by atoms with Crippen LogP contribution in [0.15, 0.2) is 12.1 Å². The molecule has 1 saturated heterocycles. The SMILES string of the molecule is COC(=O)c1ccc(N2CCC(N)C(C)C2)c(F)c1F. The van der Waals surface area contributed by atoms with Gasteiger partial charge in [-0.25, -0.2) is 13.6 Å². The molecule has 0 saturated carbocycles. The number of esters is 1. The van der Waals surface area contributed by atoms with Crippen LogP contribution in [0.3, 0.4) is 0 Å². The van der Waals surface area contributed by atoms with Crippen LogP contribution in [0.25, 0.3) is 0 Å². The normalized spacial score (nSPS) is 22.8. The Labute approximate surface area is 116 Å². The van der Waals surface area contributed by atoms with Crippen molar-refractivity contribution in [3.8, 4) is 0 Å². The molecule has 0 radical (unpaired) electrons. The van der Waals surface area contributed by atoms with E-state index in [2.05, 4.69) is 4.74 Å². The van der Waals surface area contributed by atoms with Gasteiger partial charge in [-0.05, 0) is 24.5 Å². The fourth-order valence-electron chi connectivity index (χ4n) is 2.43.